The number of fused-ring (bicyclic) bond motifs is 1. The zero-order chi connectivity index (χ0) is 10.3. The molecular formula is C9H4BrClFNO. The van der Waals surface area contributed by atoms with Crippen LogP contribution in [0.15, 0.2) is 28.9 Å². The van der Waals surface area contributed by atoms with Crippen molar-refractivity contribution >= 4 is 38.3 Å². The second kappa shape index (κ2) is 3.37. The van der Waals surface area contributed by atoms with E-state index in [2.05, 4.69) is 15.9 Å². The minimum atomic E-state index is -0.378. The fraction of sp³-hybridized carbons (Fsp3) is 0. The summed E-state index contributed by atoms with van der Waals surface area (Å²) in [6.45, 7) is 0. The predicted molar refractivity (Wildman–Crippen MR) is 55.6 cm³/mol. The molecule has 5 heteroatoms. The molecule has 72 valence electrons. The molecule has 0 spiro atoms. The van der Waals surface area contributed by atoms with E-state index in [4.69, 9.17) is 11.6 Å². The summed E-state index contributed by atoms with van der Waals surface area (Å²) in [6, 6.07) is 4.33. The number of aromatic nitrogens is 1. The van der Waals surface area contributed by atoms with Crippen LogP contribution in [0.2, 0.25) is 5.15 Å². The molecule has 0 saturated carbocycles. The van der Waals surface area contributed by atoms with Gasteiger partial charge in [-0.3, -0.25) is 0 Å². The molecule has 0 amide bonds. The lowest BCUT2D eigenvalue weighted by Gasteiger charge is -2.03. The first-order valence-corrected chi connectivity index (χ1v) is 4.93. The number of benzene rings is 1. The van der Waals surface area contributed by atoms with Gasteiger partial charge in [0.2, 0.25) is 0 Å². The summed E-state index contributed by atoms with van der Waals surface area (Å²) in [5.41, 5.74) is 0. The highest BCUT2D eigenvalue weighted by Gasteiger charge is 2.10. The van der Waals surface area contributed by atoms with Gasteiger partial charge in [0.05, 0.1) is 9.86 Å². The molecule has 1 aromatic heterocycles. The SMILES string of the molecule is [O-][n+]1ccc2cc(F)c(Br)cc2c1Cl. The first kappa shape index (κ1) is 9.68. The molecule has 2 rings (SSSR count). The van der Waals surface area contributed by atoms with E-state index in [0.717, 1.165) is 0 Å². The summed E-state index contributed by atoms with van der Waals surface area (Å²) in [5.74, 6) is -0.378. The maximum Gasteiger partial charge on any atom is 0.294 e. The van der Waals surface area contributed by atoms with Crippen LogP contribution < -0.4 is 4.73 Å². The van der Waals surface area contributed by atoms with Crippen LogP contribution in [0, 0.1) is 11.0 Å². The molecule has 14 heavy (non-hydrogen) atoms. The summed E-state index contributed by atoms with van der Waals surface area (Å²) in [4.78, 5) is 0. The van der Waals surface area contributed by atoms with E-state index < -0.39 is 0 Å². The largest absolute Gasteiger partial charge is 0.618 e. The first-order chi connectivity index (χ1) is 6.59. The van der Waals surface area contributed by atoms with Crippen LogP contribution in [-0.2, 0) is 0 Å². The van der Waals surface area contributed by atoms with Crippen molar-refractivity contribution in [2.24, 2.45) is 0 Å². The van der Waals surface area contributed by atoms with Crippen LogP contribution in [0.25, 0.3) is 10.8 Å². The van der Waals surface area contributed by atoms with Crippen LogP contribution in [-0.4, -0.2) is 0 Å². The molecule has 0 unspecified atom stereocenters. The molecule has 0 aliphatic heterocycles. The number of hydrogen-bond acceptors (Lipinski definition) is 1. The standard InChI is InChI=1S/C9H4BrClFNO/c10-7-4-6-5(3-8(7)12)1-2-13(14)9(6)11/h1-4H. The highest BCUT2D eigenvalue weighted by molar-refractivity contribution is 9.10. The zero-order valence-electron chi connectivity index (χ0n) is 6.80. The second-order valence-electron chi connectivity index (χ2n) is 2.79. The zero-order valence-corrected chi connectivity index (χ0v) is 9.14. The van der Waals surface area contributed by atoms with Gasteiger partial charge in [0.1, 0.15) is 5.82 Å². The lowest BCUT2D eigenvalue weighted by Crippen LogP contribution is -2.26. The van der Waals surface area contributed by atoms with Gasteiger partial charge in [-0.25, -0.2) is 4.39 Å². The second-order valence-corrected chi connectivity index (χ2v) is 4.00. The first-order valence-electron chi connectivity index (χ1n) is 3.76. The van der Waals surface area contributed by atoms with Crippen molar-refractivity contribution in [1.82, 2.24) is 0 Å². The Morgan fingerprint density at radius 2 is 2.14 bits per heavy atom. The molecule has 0 bridgehead atoms. The quantitative estimate of drug-likeness (QED) is 0.413. The minimum absolute atomic E-state index is 0.0446. The summed E-state index contributed by atoms with van der Waals surface area (Å²) in [5, 5.41) is 12.3. The molecule has 1 aromatic carbocycles. The van der Waals surface area contributed by atoms with E-state index in [1.54, 1.807) is 0 Å². The number of pyridine rings is 1. The van der Waals surface area contributed by atoms with Gasteiger partial charge in [-0.1, -0.05) is 0 Å². The van der Waals surface area contributed by atoms with Crippen LogP contribution in [0.1, 0.15) is 0 Å². The van der Waals surface area contributed by atoms with E-state index in [1.165, 1.54) is 24.4 Å². The van der Waals surface area contributed by atoms with Gasteiger partial charge in [-0.05, 0) is 45.0 Å². The summed E-state index contributed by atoms with van der Waals surface area (Å²) in [7, 11) is 0. The molecule has 1 heterocycles. The van der Waals surface area contributed by atoms with Crippen molar-refractivity contribution in [3.63, 3.8) is 0 Å². The Hall–Kier alpha value is -0.870. The number of halogens is 3. The highest BCUT2D eigenvalue weighted by atomic mass is 79.9. The van der Waals surface area contributed by atoms with E-state index in [1.807, 2.05) is 0 Å². The molecule has 0 saturated heterocycles. The Morgan fingerprint density at radius 3 is 2.86 bits per heavy atom. The lowest BCUT2D eigenvalue weighted by atomic mass is 10.2. The molecule has 2 aromatic rings. The molecule has 2 nitrogen and oxygen atoms in total. The normalized spacial score (nSPS) is 10.8. The van der Waals surface area contributed by atoms with E-state index in [9.17, 15) is 9.60 Å². The lowest BCUT2D eigenvalue weighted by molar-refractivity contribution is -0.601. The van der Waals surface area contributed by atoms with Gasteiger partial charge >= 0.3 is 0 Å². The van der Waals surface area contributed by atoms with Gasteiger partial charge in [0, 0.05) is 6.07 Å². The third-order valence-corrected chi connectivity index (χ3v) is 2.88. The van der Waals surface area contributed by atoms with Crippen molar-refractivity contribution in [2.45, 2.75) is 0 Å². The minimum Gasteiger partial charge on any atom is -0.618 e. The molecule has 0 atom stereocenters. The summed E-state index contributed by atoms with van der Waals surface area (Å²) < 4.78 is 13.9. The monoisotopic (exact) mass is 275 g/mol. The van der Waals surface area contributed by atoms with Gasteiger partial charge in [-0.2, -0.15) is 4.73 Å². The molecule has 0 fully saturated rings. The summed E-state index contributed by atoms with van der Waals surface area (Å²) >= 11 is 8.79. The van der Waals surface area contributed by atoms with Crippen LogP contribution >= 0.6 is 27.5 Å². The third kappa shape index (κ3) is 1.44. The Kier molecular flexibility index (Phi) is 2.33. The van der Waals surface area contributed by atoms with Crippen LogP contribution in [0.3, 0.4) is 0 Å². The average molecular weight is 276 g/mol. The van der Waals surface area contributed by atoms with Crippen molar-refractivity contribution in [3.05, 3.63) is 45.0 Å². The Bertz CT molecular complexity index is 518. The number of nitrogens with zero attached hydrogens (tertiary/aromatic N) is 1. The summed E-state index contributed by atoms with van der Waals surface area (Å²) in [6.07, 6.45) is 1.25. The van der Waals surface area contributed by atoms with Crippen molar-refractivity contribution in [2.75, 3.05) is 0 Å². The van der Waals surface area contributed by atoms with E-state index in [0.29, 0.717) is 15.5 Å². The number of hydrogen-bond donors (Lipinski definition) is 0. The van der Waals surface area contributed by atoms with Crippen molar-refractivity contribution in [3.8, 4) is 0 Å². The van der Waals surface area contributed by atoms with Gasteiger partial charge in [0.25, 0.3) is 5.15 Å². The molecule has 0 radical (unpaired) electrons. The maximum atomic E-state index is 13.1. The fourth-order valence-electron chi connectivity index (χ4n) is 1.21. The Balaban J connectivity index is 2.89. The van der Waals surface area contributed by atoms with Gasteiger partial charge in [-0.15, -0.1) is 0 Å². The Morgan fingerprint density at radius 1 is 1.43 bits per heavy atom. The Labute approximate surface area is 92.6 Å². The van der Waals surface area contributed by atoms with E-state index >= 15 is 0 Å². The topological polar surface area (TPSA) is 26.9 Å². The van der Waals surface area contributed by atoms with Crippen LogP contribution in [0.4, 0.5) is 4.39 Å². The fourth-order valence-corrected chi connectivity index (χ4v) is 1.77. The smallest absolute Gasteiger partial charge is 0.294 e. The van der Waals surface area contributed by atoms with Gasteiger partial charge in [0.15, 0.2) is 6.20 Å². The molecular weight excluding hydrogens is 272 g/mol. The molecule has 0 aliphatic rings. The van der Waals surface area contributed by atoms with E-state index in [-0.39, 0.29) is 15.4 Å². The predicted octanol–water partition coefficient (Wildman–Crippen LogP) is 3.03. The third-order valence-electron chi connectivity index (χ3n) is 1.90. The molecule has 0 aliphatic carbocycles. The van der Waals surface area contributed by atoms with Crippen molar-refractivity contribution in [1.29, 1.82) is 0 Å². The maximum absolute atomic E-state index is 13.1. The number of rotatable bonds is 0. The average Bonchev–Trinajstić information content (AvgIpc) is 2.15. The van der Waals surface area contributed by atoms with Crippen LogP contribution in [0.5, 0.6) is 0 Å². The van der Waals surface area contributed by atoms with Gasteiger partial charge < -0.3 is 5.21 Å². The van der Waals surface area contributed by atoms with Crippen molar-refractivity contribution < 1.29 is 9.12 Å². The highest BCUT2D eigenvalue weighted by Crippen LogP contribution is 2.26. The molecule has 0 N–H and O–H groups in total.